The van der Waals surface area contributed by atoms with Crippen LogP contribution in [0.1, 0.15) is 20.3 Å². The fourth-order valence-corrected chi connectivity index (χ4v) is 0.989. The molecule has 2 atom stereocenters. The monoisotopic (exact) mass is 140 g/mol. The van der Waals surface area contributed by atoms with Gasteiger partial charge < -0.3 is 5.11 Å². The predicted octanol–water partition coefficient (Wildman–Crippen LogP) is 1.98. The highest BCUT2D eigenvalue weighted by molar-refractivity contribution is 4.85. The minimum absolute atomic E-state index is 0.260. The Kier molecular flexibility index (Phi) is 5.00. The van der Waals surface area contributed by atoms with Crippen molar-refractivity contribution in [2.24, 2.45) is 11.8 Å². The molecule has 0 spiro atoms. The van der Waals surface area contributed by atoms with Crippen LogP contribution < -0.4 is 0 Å². The Morgan fingerprint density at radius 1 is 1.70 bits per heavy atom. The van der Waals surface area contributed by atoms with E-state index in [2.05, 4.69) is 26.2 Å². The molecule has 0 saturated heterocycles. The van der Waals surface area contributed by atoms with Gasteiger partial charge in [-0.3, -0.25) is 0 Å². The average Bonchev–Trinajstić information content (AvgIpc) is 1.91. The number of aliphatic hydroxyl groups is 1. The predicted molar refractivity (Wildman–Crippen MR) is 43.7 cm³/mol. The zero-order chi connectivity index (χ0) is 7.98. The molecule has 1 heteroatoms. The zero-order valence-electron chi connectivity index (χ0n) is 6.80. The summed E-state index contributed by atoms with van der Waals surface area (Å²) in [6, 6.07) is 0. The molecule has 1 nitrogen and oxygen atoms in total. The third-order valence-electron chi connectivity index (χ3n) is 1.88. The number of hydrogen-bond acceptors (Lipinski definition) is 1. The van der Waals surface area contributed by atoms with Crippen molar-refractivity contribution >= 4 is 0 Å². The lowest BCUT2D eigenvalue weighted by Gasteiger charge is -2.15. The lowest BCUT2D eigenvalue weighted by molar-refractivity contribution is 0.196. The second kappa shape index (κ2) is 5.28. The summed E-state index contributed by atoms with van der Waals surface area (Å²) >= 11 is 0. The quantitative estimate of drug-likeness (QED) is 0.592. The van der Waals surface area contributed by atoms with E-state index in [1.165, 1.54) is 0 Å². The molecular formula is C9H16O. The van der Waals surface area contributed by atoms with Crippen molar-refractivity contribution < 1.29 is 5.11 Å². The highest BCUT2D eigenvalue weighted by Gasteiger charge is 2.10. The van der Waals surface area contributed by atoms with Gasteiger partial charge in [0.15, 0.2) is 0 Å². The molecule has 0 aliphatic carbocycles. The highest BCUT2D eigenvalue weighted by atomic mass is 16.3. The van der Waals surface area contributed by atoms with E-state index in [0.717, 1.165) is 6.42 Å². The molecule has 1 N–H and O–H groups in total. The Morgan fingerprint density at radius 2 is 2.30 bits per heavy atom. The molecule has 0 aromatic carbocycles. The molecule has 0 bridgehead atoms. The maximum Gasteiger partial charge on any atom is 0.0464 e. The van der Waals surface area contributed by atoms with Crippen molar-refractivity contribution in [2.75, 3.05) is 6.61 Å². The van der Waals surface area contributed by atoms with Gasteiger partial charge in [0.2, 0.25) is 0 Å². The molecule has 0 aromatic rings. The van der Waals surface area contributed by atoms with Crippen molar-refractivity contribution in [3.8, 4) is 0 Å². The summed E-state index contributed by atoms with van der Waals surface area (Å²) in [5.74, 6) is 0.766. The van der Waals surface area contributed by atoms with E-state index in [-0.39, 0.29) is 6.61 Å². The largest absolute Gasteiger partial charge is 0.396 e. The molecule has 0 aliphatic rings. The molecule has 0 saturated carbocycles. The number of aliphatic hydroxyl groups excluding tert-OH is 1. The normalized spacial score (nSPS) is 15.5. The summed E-state index contributed by atoms with van der Waals surface area (Å²) in [4.78, 5) is 0. The molecule has 0 radical (unpaired) electrons. The summed E-state index contributed by atoms with van der Waals surface area (Å²) in [6.07, 6.45) is 2.92. The van der Waals surface area contributed by atoms with Gasteiger partial charge in [0.05, 0.1) is 0 Å². The van der Waals surface area contributed by atoms with Crippen LogP contribution in [-0.2, 0) is 0 Å². The van der Waals surface area contributed by atoms with Gasteiger partial charge in [-0.15, -0.1) is 5.73 Å². The Morgan fingerprint density at radius 3 is 2.60 bits per heavy atom. The third kappa shape index (κ3) is 2.86. The third-order valence-corrected chi connectivity index (χ3v) is 1.88. The summed E-state index contributed by atoms with van der Waals surface area (Å²) in [6.45, 7) is 7.90. The van der Waals surface area contributed by atoms with Gasteiger partial charge in [0.1, 0.15) is 0 Å². The second-order valence-electron chi connectivity index (χ2n) is 2.58. The fraction of sp³-hybridized carbons (Fsp3) is 0.667. The first-order chi connectivity index (χ1) is 4.76. The number of allylic oxidation sites excluding steroid dienone is 1. The first-order valence-corrected chi connectivity index (χ1v) is 3.73. The molecule has 10 heavy (non-hydrogen) atoms. The summed E-state index contributed by atoms with van der Waals surface area (Å²) in [5.41, 5.74) is 2.73. The van der Waals surface area contributed by atoms with Crippen LogP contribution in [0.4, 0.5) is 0 Å². The standard InChI is InChI=1S/C9H16O/c1-4-6-8(3)9(5-2)7-10/h6,8-10H,1,5,7H2,2-3H3. The van der Waals surface area contributed by atoms with Crippen LogP contribution in [0.25, 0.3) is 0 Å². The molecule has 0 amide bonds. The molecule has 0 heterocycles. The molecule has 0 aromatic heterocycles. The van der Waals surface area contributed by atoms with Gasteiger partial charge in [-0.25, -0.2) is 0 Å². The summed E-state index contributed by atoms with van der Waals surface area (Å²) < 4.78 is 0. The number of rotatable bonds is 4. The minimum Gasteiger partial charge on any atom is -0.396 e. The Hall–Kier alpha value is -0.520. The van der Waals surface area contributed by atoms with Crippen LogP contribution in [0, 0.1) is 11.8 Å². The van der Waals surface area contributed by atoms with E-state index < -0.39 is 0 Å². The van der Waals surface area contributed by atoms with E-state index in [1.54, 1.807) is 0 Å². The van der Waals surface area contributed by atoms with Crippen LogP contribution >= 0.6 is 0 Å². The van der Waals surface area contributed by atoms with Crippen LogP contribution in [0.2, 0.25) is 0 Å². The SMILES string of the molecule is C=C=CC(C)C(CC)CO. The topological polar surface area (TPSA) is 20.2 Å². The van der Waals surface area contributed by atoms with Crippen molar-refractivity contribution in [3.05, 3.63) is 18.4 Å². The molecule has 0 fully saturated rings. The van der Waals surface area contributed by atoms with Gasteiger partial charge in [0, 0.05) is 6.61 Å². The van der Waals surface area contributed by atoms with Crippen molar-refractivity contribution in [3.63, 3.8) is 0 Å². The lowest BCUT2D eigenvalue weighted by atomic mass is 9.92. The Balaban J connectivity index is 3.87. The minimum atomic E-state index is 0.260. The van der Waals surface area contributed by atoms with Crippen LogP contribution in [0.15, 0.2) is 18.4 Å². The highest BCUT2D eigenvalue weighted by Crippen LogP contribution is 2.14. The van der Waals surface area contributed by atoms with Crippen molar-refractivity contribution in [2.45, 2.75) is 20.3 Å². The second-order valence-corrected chi connectivity index (χ2v) is 2.58. The fourth-order valence-electron chi connectivity index (χ4n) is 0.989. The van der Waals surface area contributed by atoms with Gasteiger partial charge in [0.25, 0.3) is 0 Å². The Bertz CT molecular complexity index is 119. The smallest absolute Gasteiger partial charge is 0.0464 e. The maximum absolute atomic E-state index is 8.85. The molecule has 0 rings (SSSR count). The first-order valence-electron chi connectivity index (χ1n) is 3.73. The van der Waals surface area contributed by atoms with Gasteiger partial charge in [-0.2, -0.15) is 0 Å². The maximum atomic E-state index is 8.85. The van der Waals surface area contributed by atoms with Gasteiger partial charge in [-0.1, -0.05) is 26.8 Å². The van der Waals surface area contributed by atoms with Crippen molar-refractivity contribution in [1.29, 1.82) is 0 Å². The molecule has 2 unspecified atom stereocenters. The lowest BCUT2D eigenvalue weighted by Crippen LogP contribution is -2.12. The van der Waals surface area contributed by atoms with Crippen molar-refractivity contribution in [1.82, 2.24) is 0 Å². The van der Waals surface area contributed by atoms with E-state index in [9.17, 15) is 0 Å². The average molecular weight is 140 g/mol. The first kappa shape index (κ1) is 9.48. The summed E-state index contributed by atoms with van der Waals surface area (Å²) in [7, 11) is 0. The van der Waals surface area contributed by atoms with E-state index in [0.29, 0.717) is 11.8 Å². The molecule has 58 valence electrons. The molecule has 0 aliphatic heterocycles. The van der Waals surface area contributed by atoms with Crippen LogP contribution in [0.5, 0.6) is 0 Å². The summed E-state index contributed by atoms with van der Waals surface area (Å²) in [5, 5.41) is 8.85. The van der Waals surface area contributed by atoms with E-state index in [4.69, 9.17) is 5.11 Å². The number of hydrogen-bond donors (Lipinski definition) is 1. The molecular weight excluding hydrogens is 124 g/mol. The van der Waals surface area contributed by atoms with Crippen LogP contribution in [-0.4, -0.2) is 11.7 Å². The van der Waals surface area contributed by atoms with Gasteiger partial charge >= 0.3 is 0 Å². The van der Waals surface area contributed by atoms with E-state index >= 15 is 0 Å². The van der Waals surface area contributed by atoms with E-state index in [1.807, 2.05) is 6.08 Å². The van der Waals surface area contributed by atoms with Crippen LogP contribution in [0.3, 0.4) is 0 Å². The van der Waals surface area contributed by atoms with Gasteiger partial charge in [-0.05, 0) is 17.9 Å². The zero-order valence-corrected chi connectivity index (χ0v) is 6.80. The Labute approximate surface area is 63.1 Å².